The Labute approximate surface area is 154 Å². The van der Waals surface area contributed by atoms with E-state index in [1.54, 1.807) is 18.2 Å². The van der Waals surface area contributed by atoms with E-state index in [0.29, 0.717) is 22.7 Å². The van der Waals surface area contributed by atoms with Gasteiger partial charge >= 0.3 is 0 Å². The average Bonchev–Trinajstić information content (AvgIpc) is 3.42. The summed E-state index contributed by atoms with van der Waals surface area (Å²) in [6.45, 7) is 1.97. The summed E-state index contributed by atoms with van der Waals surface area (Å²) in [4.78, 5) is 24.4. The van der Waals surface area contributed by atoms with Crippen LogP contribution in [0.1, 0.15) is 24.7 Å². The van der Waals surface area contributed by atoms with Crippen molar-refractivity contribution in [1.29, 1.82) is 0 Å². The molecule has 0 unspecified atom stereocenters. The van der Waals surface area contributed by atoms with Crippen LogP contribution in [0, 0.1) is 6.92 Å². The zero-order valence-electron chi connectivity index (χ0n) is 14.2. The minimum absolute atomic E-state index is 0.0679. The van der Waals surface area contributed by atoms with Gasteiger partial charge in [-0.1, -0.05) is 23.9 Å². The van der Waals surface area contributed by atoms with Gasteiger partial charge in [-0.05, 0) is 31.9 Å². The lowest BCUT2D eigenvalue weighted by Crippen LogP contribution is -2.46. The van der Waals surface area contributed by atoms with Crippen LogP contribution in [0.2, 0.25) is 0 Å². The number of fused-ring (bicyclic) bond motifs is 1. The number of aryl methyl sites for hydroxylation is 1. The number of hydrogen-bond donors (Lipinski definition) is 1. The molecule has 0 radical (unpaired) electrons. The van der Waals surface area contributed by atoms with Gasteiger partial charge < -0.3 is 14.0 Å². The SMILES string of the molecule is Cc1nnc(SCC(=O)NC(=O)[C@@H]2COc3ccccc3O2)n1C1CC1. The smallest absolute Gasteiger partial charge is 0.271 e. The second-order valence-electron chi connectivity index (χ2n) is 6.20. The van der Waals surface area contributed by atoms with Crippen molar-refractivity contribution in [1.82, 2.24) is 20.1 Å². The van der Waals surface area contributed by atoms with Crippen LogP contribution in [0.5, 0.6) is 11.5 Å². The Bertz CT molecular complexity index is 849. The number of ether oxygens (including phenoxy) is 2. The molecule has 0 saturated heterocycles. The lowest BCUT2D eigenvalue weighted by atomic mass is 10.2. The number of aromatic nitrogens is 3. The van der Waals surface area contributed by atoms with Crippen LogP contribution in [0.3, 0.4) is 0 Å². The molecule has 8 nitrogen and oxygen atoms in total. The van der Waals surface area contributed by atoms with E-state index in [1.165, 1.54) is 11.8 Å². The van der Waals surface area contributed by atoms with Crippen molar-refractivity contribution in [2.24, 2.45) is 0 Å². The molecule has 4 rings (SSSR count). The number of rotatable bonds is 5. The molecule has 0 bridgehead atoms. The standard InChI is InChI=1S/C17H18N4O4S/c1-10-19-20-17(21(10)11-6-7-11)26-9-15(22)18-16(23)14-8-24-12-4-2-3-5-13(12)25-14/h2-5,11,14H,6-9H2,1H3,(H,18,22,23)/t14-/m0/s1. The van der Waals surface area contributed by atoms with Crippen molar-refractivity contribution in [3.8, 4) is 11.5 Å². The van der Waals surface area contributed by atoms with E-state index in [0.717, 1.165) is 18.7 Å². The Morgan fingerprint density at radius 1 is 1.27 bits per heavy atom. The molecule has 2 amide bonds. The van der Waals surface area contributed by atoms with Crippen LogP contribution in [-0.4, -0.2) is 45.0 Å². The predicted octanol–water partition coefficient (Wildman–Crippen LogP) is 1.50. The van der Waals surface area contributed by atoms with E-state index < -0.39 is 17.9 Å². The third-order valence-corrected chi connectivity index (χ3v) is 5.09. The van der Waals surface area contributed by atoms with Gasteiger partial charge in [-0.2, -0.15) is 0 Å². The molecular formula is C17H18N4O4S. The molecule has 1 saturated carbocycles. The van der Waals surface area contributed by atoms with Crippen LogP contribution >= 0.6 is 11.8 Å². The fraction of sp³-hybridized carbons (Fsp3) is 0.412. The van der Waals surface area contributed by atoms with Crippen LogP contribution < -0.4 is 14.8 Å². The minimum atomic E-state index is -0.851. The van der Waals surface area contributed by atoms with Gasteiger partial charge in [-0.3, -0.25) is 14.9 Å². The Balaban J connectivity index is 1.30. The zero-order valence-corrected chi connectivity index (χ0v) is 15.0. The maximum absolute atomic E-state index is 12.2. The van der Waals surface area contributed by atoms with Gasteiger partial charge in [-0.25, -0.2) is 0 Å². The van der Waals surface area contributed by atoms with Crippen molar-refractivity contribution >= 4 is 23.6 Å². The monoisotopic (exact) mass is 374 g/mol. The fourth-order valence-electron chi connectivity index (χ4n) is 2.73. The minimum Gasteiger partial charge on any atom is -0.485 e. The van der Waals surface area contributed by atoms with Crippen LogP contribution in [0.4, 0.5) is 0 Å². The van der Waals surface area contributed by atoms with Crippen LogP contribution in [0.15, 0.2) is 29.4 Å². The molecule has 1 fully saturated rings. The highest BCUT2D eigenvalue weighted by Gasteiger charge is 2.30. The van der Waals surface area contributed by atoms with E-state index in [4.69, 9.17) is 9.47 Å². The van der Waals surface area contributed by atoms with Crippen molar-refractivity contribution in [2.75, 3.05) is 12.4 Å². The summed E-state index contributed by atoms with van der Waals surface area (Å²) in [5.74, 6) is 1.11. The van der Waals surface area contributed by atoms with Gasteiger partial charge in [-0.15, -0.1) is 10.2 Å². The lowest BCUT2D eigenvalue weighted by molar-refractivity contribution is -0.135. The number of thioether (sulfide) groups is 1. The first kappa shape index (κ1) is 16.9. The molecule has 1 atom stereocenters. The predicted molar refractivity (Wildman–Crippen MR) is 93.3 cm³/mol. The molecule has 1 N–H and O–H groups in total. The molecule has 0 spiro atoms. The largest absolute Gasteiger partial charge is 0.485 e. The molecule has 1 aromatic carbocycles. The van der Waals surface area contributed by atoms with E-state index in [1.807, 2.05) is 13.0 Å². The molecular weight excluding hydrogens is 356 g/mol. The number of imide groups is 1. The van der Waals surface area contributed by atoms with Crippen molar-refractivity contribution in [2.45, 2.75) is 37.1 Å². The third-order valence-electron chi connectivity index (χ3n) is 4.14. The number of nitrogens with one attached hydrogen (secondary N) is 1. The molecule has 1 aromatic heterocycles. The number of hydrogen-bond acceptors (Lipinski definition) is 7. The fourth-order valence-corrected chi connectivity index (χ4v) is 3.59. The molecule has 2 aromatic rings. The van der Waals surface area contributed by atoms with Gasteiger partial charge in [0.05, 0.1) is 5.75 Å². The molecule has 9 heteroatoms. The maximum atomic E-state index is 12.2. The summed E-state index contributed by atoms with van der Waals surface area (Å²) < 4.78 is 13.1. The maximum Gasteiger partial charge on any atom is 0.271 e. The highest BCUT2D eigenvalue weighted by molar-refractivity contribution is 7.99. The van der Waals surface area contributed by atoms with Crippen molar-refractivity contribution in [3.05, 3.63) is 30.1 Å². The number of benzene rings is 1. The van der Waals surface area contributed by atoms with Gasteiger partial charge in [0, 0.05) is 6.04 Å². The van der Waals surface area contributed by atoms with Crippen LogP contribution in [0.25, 0.3) is 0 Å². The Kier molecular flexibility index (Phi) is 4.54. The summed E-state index contributed by atoms with van der Waals surface area (Å²) in [6, 6.07) is 7.54. The van der Waals surface area contributed by atoms with E-state index >= 15 is 0 Å². The number of amides is 2. The number of para-hydroxylation sites is 2. The molecule has 2 aliphatic rings. The number of carbonyl (C=O) groups excluding carboxylic acids is 2. The summed E-state index contributed by atoms with van der Waals surface area (Å²) in [5, 5.41) is 11.2. The number of nitrogens with zero attached hydrogens (tertiary/aromatic N) is 3. The molecule has 1 aliphatic carbocycles. The highest BCUT2D eigenvalue weighted by Crippen LogP contribution is 2.38. The van der Waals surface area contributed by atoms with Gasteiger partial charge in [0.2, 0.25) is 12.0 Å². The quantitative estimate of drug-likeness (QED) is 0.792. The summed E-state index contributed by atoms with van der Waals surface area (Å²) in [7, 11) is 0. The van der Waals surface area contributed by atoms with Gasteiger partial charge in [0.1, 0.15) is 12.4 Å². The zero-order chi connectivity index (χ0) is 18.1. The third kappa shape index (κ3) is 3.52. The van der Waals surface area contributed by atoms with Crippen molar-refractivity contribution < 1.29 is 19.1 Å². The normalized spacial score (nSPS) is 18.4. The Hall–Kier alpha value is -2.55. The first-order chi connectivity index (χ1) is 12.6. The second-order valence-corrected chi connectivity index (χ2v) is 7.14. The summed E-state index contributed by atoms with van der Waals surface area (Å²) in [5.41, 5.74) is 0. The van der Waals surface area contributed by atoms with Gasteiger partial charge in [0.15, 0.2) is 16.7 Å². The molecule has 2 heterocycles. The first-order valence-corrected chi connectivity index (χ1v) is 9.37. The number of carbonyl (C=O) groups is 2. The molecule has 136 valence electrons. The van der Waals surface area contributed by atoms with E-state index in [-0.39, 0.29) is 12.4 Å². The molecule has 26 heavy (non-hydrogen) atoms. The first-order valence-electron chi connectivity index (χ1n) is 8.38. The van der Waals surface area contributed by atoms with Gasteiger partial charge in [0.25, 0.3) is 5.91 Å². The van der Waals surface area contributed by atoms with Crippen LogP contribution in [-0.2, 0) is 9.59 Å². The highest BCUT2D eigenvalue weighted by atomic mass is 32.2. The Morgan fingerprint density at radius 2 is 2.04 bits per heavy atom. The van der Waals surface area contributed by atoms with Crippen molar-refractivity contribution in [3.63, 3.8) is 0 Å². The second kappa shape index (κ2) is 6.99. The topological polar surface area (TPSA) is 95.3 Å². The Morgan fingerprint density at radius 3 is 2.81 bits per heavy atom. The van der Waals surface area contributed by atoms with E-state index in [9.17, 15) is 9.59 Å². The van der Waals surface area contributed by atoms with E-state index in [2.05, 4.69) is 20.1 Å². The lowest BCUT2D eigenvalue weighted by Gasteiger charge is -2.25. The average molecular weight is 374 g/mol. The summed E-state index contributed by atoms with van der Waals surface area (Å²) in [6.07, 6.45) is 1.37. The molecule has 1 aliphatic heterocycles. The summed E-state index contributed by atoms with van der Waals surface area (Å²) >= 11 is 1.27.